The highest BCUT2D eigenvalue weighted by Gasteiger charge is 2.25. The van der Waals surface area contributed by atoms with Crippen LogP contribution in [0.15, 0.2) is 52.9 Å². The topological polar surface area (TPSA) is 72.6 Å². The molecule has 5 nitrogen and oxygen atoms in total. The molecule has 1 atom stereocenters. The van der Waals surface area contributed by atoms with Crippen molar-refractivity contribution >= 4 is 5.97 Å². The second-order valence-electron chi connectivity index (χ2n) is 7.40. The molecule has 4 rings (SSSR count). The zero-order chi connectivity index (χ0) is 20.2. The Morgan fingerprint density at radius 3 is 2.83 bits per heavy atom. The Balaban J connectivity index is 1.40. The number of oxazole rings is 1. The van der Waals surface area contributed by atoms with Gasteiger partial charge in [-0.25, -0.2) is 4.98 Å². The molecular formula is C24H25NO4. The van der Waals surface area contributed by atoms with Crippen LogP contribution in [-0.2, 0) is 24.1 Å². The summed E-state index contributed by atoms with van der Waals surface area (Å²) in [7, 11) is 0. The van der Waals surface area contributed by atoms with Gasteiger partial charge < -0.3 is 14.3 Å². The molecule has 1 unspecified atom stereocenters. The lowest BCUT2D eigenvalue weighted by Crippen LogP contribution is -2.05. The molecule has 0 spiro atoms. The average Bonchev–Trinajstić information content (AvgIpc) is 3.32. The predicted molar refractivity (Wildman–Crippen MR) is 110 cm³/mol. The number of ether oxygens (including phenoxy) is 1. The molecule has 0 bridgehead atoms. The summed E-state index contributed by atoms with van der Waals surface area (Å²) in [6.45, 7) is 2.58. The van der Waals surface area contributed by atoms with Crippen molar-refractivity contribution in [1.82, 2.24) is 4.98 Å². The first-order valence-corrected chi connectivity index (χ1v) is 10.2. The molecule has 3 aromatic rings. The van der Waals surface area contributed by atoms with Crippen molar-refractivity contribution in [2.45, 2.75) is 44.9 Å². The first-order chi connectivity index (χ1) is 14.1. The SMILES string of the molecule is CCc1oc(-c2ccccc2)nc1CCOc1ccc2c(c1)CCC2CC(=O)O. The van der Waals surface area contributed by atoms with Gasteiger partial charge in [-0.15, -0.1) is 0 Å². The molecule has 1 heterocycles. The highest BCUT2D eigenvalue weighted by Crippen LogP contribution is 2.37. The molecule has 0 saturated heterocycles. The number of aryl methyl sites for hydroxylation is 2. The second kappa shape index (κ2) is 8.52. The predicted octanol–water partition coefficient (Wildman–Crippen LogP) is 5.03. The fourth-order valence-corrected chi connectivity index (χ4v) is 4.02. The summed E-state index contributed by atoms with van der Waals surface area (Å²) in [5.74, 6) is 1.76. The van der Waals surface area contributed by atoms with Crippen molar-refractivity contribution < 1.29 is 19.1 Å². The molecule has 150 valence electrons. The van der Waals surface area contributed by atoms with Crippen molar-refractivity contribution in [1.29, 1.82) is 0 Å². The summed E-state index contributed by atoms with van der Waals surface area (Å²) in [6, 6.07) is 15.9. The van der Waals surface area contributed by atoms with Crippen LogP contribution in [0.25, 0.3) is 11.5 Å². The lowest BCUT2D eigenvalue weighted by atomic mass is 9.98. The van der Waals surface area contributed by atoms with Gasteiger partial charge in [0.05, 0.1) is 18.7 Å². The summed E-state index contributed by atoms with van der Waals surface area (Å²) >= 11 is 0. The summed E-state index contributed by atoms with van der Waals surface area (Å²) in [4.78, 5) is 15.7. The van der Waals surface area contributed by atoms with Crippen molar-refractivity contribution in [3.8, 4) is 17.2 Å². The largest absolute Gasteiger partial charge is 0.493 e. The van der Waals surface area contributed by atoms with E-state index in [4.69, 9.17) is 14.3 Å². The van der Waals surface area contributed by atoms with Gasteiger partial charge in [0.1, 0.15) is 11.5 Å². The lowest BCUT2D eigenvalue weighted by molar-refractivity contribution is -0.137. The van der Waals surface area contributed by atoms with Gasteiger partial charge >= 0.3 is 5.97 Å². The maximum atomic E-state index is 11.0. The van der Waals surface area contributed by atoms with Gasteiger partial charge in [0, 0.05) is 18.4 Å². The molecule has 0 aliphatic heterocycles. The minimum absolute atomic E-state index is 0.121. The zero-order valence-corrected chi connectivity index (χ0v) is 16.6. The second-order valence-corrected chi connectivity index (χ2v) is 7.40. The van der Waals surface area contributed by atoms with Crippen molar-refractivity contribution in [3.63, 3.8) is 0 Å². The van der Waals surface area contributed by atoms with E-state index in [9.17, 15) is 4.79 Å². The third kappa shape index (κ3) is 4.34. The molecule has 2 aromatic carbocycles. The normalized spacial score (nSPS) is 15.3. The van der Waals surface area contributed by atoms with Gasteiger partial charge in [0.25, 0.3) is 0 Å². The van der Waals surface area contributed by atoms with Crippen LogP contribution in [0, 0.1) is 0 Å². The van der Waals surface area contributed by atoms with E-state index in [1.54, 1.807) is 0 Å². The van der Waals surface area contributed by atoms with Gasteiger partial charge in [0.15, 0.2) is 0 Å². The van der Waals surface area contributed by atoms with E-state index in [2.05, 4.69) is 18.0 Å². The van der Waals surface area contributed by atoms with E-state index < -0.39 is 5.97 Å². The highest BCUT2D eigenvalue weighted by molar-refractivity contribution is 5.68. The average molecular weight is 391 g/mol. The molecule has 1 N–H and O–H groups in total. The van der Waals surface area contributed by atoms with Gasteiger partial charge in [0.2, 0.25) is 5.89 Å². The quantitative estimate of drug-likeness (QED) is 0.583. The number of aliphatic carboxylic acids is 1. The Kier molecular flexibility index (Phi) is 5.65. The lowest BCUT2D eigenvalue weighted by Gasteiger charge is -2.10. The first-order valence-electron chi connectivity index (χ1n) is 10.2. The Labute approximate surface area is 170 Å². The van der Waals surface area contributed by atoms with Crippen molar-refractivity contribution in [3.05, 3.63) is 71.1 Å². The van der Waals surface area contributed by atoms with E-state index in [1.807, 2.05) is 42.5 Å². The van der Waals surface area contributed by atoms with E-state index in [1.165, 1.54) is 5.56 Å². The first kappa shape index (κ1) is 19.2. The molecule has 0 amide bonds. The molecule has 29 heavy (non-hydrogen) atoms. The number of carboxylic acid groups (broad SMARTS) is 1. The van der Waals surface area contributed by atoms with Crippen LogP contribution in [0.1, 0.15) is 48.3 Å². The fraction of sp³-hybridized carbons (Fsp3) is 0.333. The highest BCUT2D eigenvalue weighted by atomic mass is 16.5. The minimum atomic E-state index is -0.739. The van der Waals surface area contributed by atoms with Crippen LogP contribution in [0.3, 0.4) is 0 Å². The van der Waals surface area contributed by atoms with E-state index in [0.29, 0.717) is 18.9 Å². The van der Waals surface area contributed by atoms with Crippen LogP contribution in [-0.4, -0.2) is 22.7 Å². The molecule has 5 heteroatoms. The number of nitrogens with zero attached hydrogens (tertiary/aromatic N) is 1. The third-order valence-corrected chi connectivity index (χ3v) is 5.47. The Hall–Kier alpha value is -3.08. The van der Waals surface area contributed by atoms with Gasteiger partial charge in [-0.05, 0) is 54.2 Å². The van der Waals surface area contributed by atoms with Crippen LogP contribution >= 0.6 is 0 Å². The number of benzene rings is 2. The van der Waals surface area contributed by atoms with Crippen LogP contribution in [0.5, 0.6) is 5.75 Å². The molecule has 1 aromatic heterocycles. The third-order valence-electron chi connectivity index (χ3n) is 5.47. The summed E-state index contributed by atoms with van der Waals surface area (Å²) < 4.78 is 11.9. The summed E-state index contributed by atoms with van der Waals surface area (Å²) in [5.41, 5.74) is 4.27. The zero-order valence-electron chi connectivity index (χ0n) is 16.6. The molecule has 0 radical (unpaired) electrons. The Bertz CT molecular complexity index is 993. The fourth-order valence-electron chi connectivity index (χ4n) is 4.02. The van der Waals surface area contributed by atoms with Gasteiger partial charge in [-0.2, -0.15) is 0 Å². The minimum Gasteiger partial charge on any atom is -0.493 e. The van der Waals surface area contributed by atoms with E-state index in [0.717, 1.165) is 47.6 Å². The number of carboxylic acids is 1. The smallest absolute Gasteiger partial charge is 0.303 e. The van der Waals surface area contributed by atoms with Crippen LogP contribution in [0.2, 0.25) is 0 Å². The number of hydrogen-bond acceptors (Lipinski definition) is 4. The van der Waals surface area contributed by atoms with E-state index in [-0.39, 0.29) is 12.3 Å². The molecule has 1 aliphatic rings. The van der Waals surface area contributed by atoms with E-state index >= 15 is 0 Å². The van der Waals surface area contributed by atoms with Gasteiger partial charge in [-0.3, -0.25) is 4.79 Å². The Morgan fingerprint density at radius 2 is 2.07 bits per heavy atom. The molecule has 0 saturated carbocycles. The summed E-state index contributed by atoms with van der Waals surface area (Å²) in [6.07, 6.45) is 3.47. The van der Waals surface area contributed by atoms with Crippen molar-refractivity contribution in [2.75, 3.05) is 6.61 Å². The Morgan fingerprint density at radius 1 is 1.24 bits per heavy atom. The molecule has 1 aliphatic carbocycles. The maximum Gasteiger partial charge on any atom is 0.303 e. The van der Waals surface area contributed by atoms with Gasteiger partial charge in [-0.1, -0.05) is 31.2 Å². The number of hydrogen-bond donors (Lipinski definition) is 1. The number of fused-ring (bicyclic) bond motifs is 1. The maximum absolute atomic E-state index is 11.0. The number of carbonyl (C=O) groups is 1. The number of aromatic nitrogens is 1. The van der Waals surface area contributed by atoms with Crippen molar-refractivity contribution in [2.24, 2.45) is 0 Å². The monoisotopic (exact) mass is 391 g/mol. The van der Waals surface area contributed by atoms with Crippen LogP contribution < -0.4 is 4.74 Å². The number of rotatable bonds is 8. The summed E-state index contributed by atoms with van der Waals surface area (Å²) in [5, 5.41) is 9.06. The van der Waals surface area contributed by atoms with Crippen LogP contribution in [0.4, 0.5) is 0 Å². The standard InChI is InChI=1S/C24H25NO4/c1-2-22-21(25-24(29-22)16-6-4-3-5-7-16)12-13-28-19-10-11-20-17(14-19)8-9-18(20)15-23(26)27/h3-7,10-11,14,18H,2,8-9,12-13,15H2,1H3,(H,26,27). The molecular weight excluding hydrogens is 366 g/mol. The molecule has 0 fully saturated rings.